The molecule has 4 aromatic carbocycles. The van der Waals surface area contributed by atoms with Gasteiger partial charge in [0.1, 0.15) is 6.04 Å². The van der Waals surface area contributed by atoms with E-state index < -0.39 is 24.4 Å². The summed E-state index contributed by atoms with van der Waals surface area (Å²) in [6.45, 7) is 0.212. The van der Waals surface area contributed by atoms with Crippen LogP contribution in [0.15, 0.2) is 97.1 Å². The number of aliphatic hydroxyl groups is 1. The Labute approximate surface area is 261 Å². The molecule has 2 bridgehead atoms. The number of nitrogens with zero attached hydrogens (tertiary/aromatic N) is 4. The SMILES string of the molecule is O=C(O)[C@@H]1[C@H]2CC[C@@H](CN1C(O)N1c3ccccc3C=Cc3ccccc31)N2C(=O)N1c2ccccc2C=Cc2ccccc21. The third-order valence-corrected chi connectivity index (χ3v) is 9.52. The molecule has 4 aromatic rings. The smallest absolute Gasteiger partial charge is 0.329 e. The first-order valence-electron chi connectivity index (χ1n) is 15.3. The molecule has 0 aromatic heterocycles. The number of carbonyl (C=O) groups is 2. The van der Waals surface area contributed by atoms with Gasteiger partial charge >= 0.3 is 12.0 Å². The molecule has 4 aliphatic rings. The predicted octanol–water partition coefficient (Wildman–Crippen LogP) is 6.63. The molecule has 45 heavy (non-hydrogen) atoms. The average Bonchev–Trinajstić information content (AvgIpc) is 3.19. The van der Waals surface area contributed by atoms with Gasteiger partial charge in [-0.3, -0.25) is 9.69 Å². The van der Waals surface area contributed by atoms with Crippen LogP contribution in [0.2, 0.25) is 0 Å². The van der Waals surface area contributed by atoms with Crippen molar-refractivity contribution in [2.75, 3.05) is 16.3 Å². The first-order valence-corrected chi connectivity index (χ1v) is 15.3. The summed E-state index contributed by atoms with van der Waals surface area (Å²) in [6.07, 6.45) is 7.95. The second kappa shape index (κ2) is 10.8. The quantitative estimate of drug-likeness (QED) is 0.276. The normalized spacial score (nSPS) is 22.1. The number of fused-ring (bicyclic) bond motifs is 6. The van der Waals surface area contributed by atoms with Crippen LogP contribution in [0.25, 0.3) is 24.3 Å². The van der Waals surface area contributed by atoms with Gasteiger partial charge in [-0.1, -0.05) is 97.1 Å². The second-order valence-electron chi connectivity index (χ2n) is 11.9. The highest BCUT2D eigenvalue weighted by Crippen LogP contribution is 2.44. The molecule has 4 heterocycles. The van der Waals surface area contributed by atoms with Crippen molar-refractivity contribution in [3.8, 4) is 0 Å². The van der Waals surface area contributed by atoms with Crippen LogP contribution in [-0.4, -0.2) is 63.0 Å². The van der Waals surface area contributed by atoms with Crippen molar-refractivity contribution in [3.05, 3.63) is 119 Å². The number of aliphatic carboxylic acids is 1. The molecule has 8 rings (SSSR count). The van der Waals surface area contributed by atoms with E-state index in [1.54, 1.807) is 14.7 Å². The standard InChI is InChI=1S/C37H32N4O4/c42-35(43)34-33-22-21-28(39(33)37(45)41-31-15-7-3-11-26(31)19-20-27-12-4-8-16-32(27)41)23-38(34)36(44)40-29-13-5-1-9-24(29)17-18-25-10-2-6-14-30(25)40/h1-20,28,33-34,36,44H,21-23H2,(H,42,43)/t28-,33+,34-,36?/m0/s1. The molecule has 0 saturated carbocycles. The van der Waals surface area contributed by atoms with Gasteiger partial charge in [0.2, 0.25) is 0 Å². The Hall–Kier alpha value is -5.18. The van der Waals surface area contributed by atoms with Gasteiger partial charge in [-0.15, -0.1) is 0 Å². The van der Waals surface area contributed by atoms with Gasteiger partial charge in [-0.2, -0.15) is 0 Å². The van der Waals surface area contributed by atoms with E-state index in [0.29, 0.717) is 12.8 Å². The van der Waals surface area contributed by atoms with E-state index in [1.165, 1.54) is 0 Å². The number of anilines is 4. The summed E-state index contributed by atoms with van der Waals surface area (Å²) in [6, 6.07) is 28.8. The minimum atomic E-state index is -1.28. The van der Waals surface area contributed by atoms with E-state index in [0.717, 1.165) is 45.0 Å². The zero-order valence-electron chi connectivity index (χ0n) is 24.5. The maximum atomic E-state index is 14.7. The van der Waals surface area contributed by atoms with Crippen LogP contribution in [0.3, 0.4) is 0 Å². The van der Waals surface area contributed by atoms with Crippen LogP contribution < -0.4 is 9.80 Å². The van der Waals surface area contributed by atoms with Crippen molar-refractivity contribution in [2.24, 2.45) is 0 Å². The zero-order valence-corrected chi connectivity index (χ0v) is 24.5. The molecule has 8 heteroatoms. The Balaban J connectivity index is 1.18. The number of para-hydroxylation sites is 4. The number of hydrogen-bond donors (Lipinski definition) is 2. The van der Waals surface area contributed by atoms with E-state index in [-0.39, 0.29) is 18.6 Å². The van der Waals surface area contributed by atoms with Crippen LogP contribution >= 0.6 is 0 Å². The first-order chi connectivity index (χ1) is 22.0. The van der Waals surface area contributed by atoms with Gasteiger partial charge in [-0.25, -0.2) is 9.69 Å². The number of carboxylic acid groups (broad SMARTS) is 1. The minimum absolute atomic E-state index is 0.212. The highest BCUT2D eigenvalue weighted by Gasteiger charge is 2.55. The van der Waals surface area contributed by atoms with Crippen molar-refractivity contribution in [3.63, 3.8) is 0 Å². The van der Waals surface area contributed by atoms with Crippen LogP contribution in [0.5, 0.6) is 0 Å². The van der Waals surface area contributed by atoms with Crippen molar-refractivity contribution in [1.29, 1.82) is 0 Å². The maximum Gasteiger partial charge on any atom is 0.329 e. The first kappa shape index (κ1) is 27.4. The number of benzene rings is 4. The van der Waals surface area contributed by atoms with Gasteiger partial charge in [0, 0.05) is 12.6 Å². The molecule has 8 nitrogen and oxygen atoms in total. The Bertz CT molecular complexity index is 1790. The molecule has 0 radical (unpaired) electrons. The molecule has 0 spiro atoms. The lowest BCUT2D eigenvalue weighted by molar-refractivity contribution is -0.155. The number of rotatable bonds is 3. The maximum absolute atomic E-state index is 14.7. The fourth-order valence-corrected chi connectivity index (χ4v) is 7.52. The third kappa shape index (κ3) is 4.36. The van der Waals surface area contributed by atoms with Gasteiger partial charge in [0.05, 0.1) is 28.8 Å². The number of carbonyl (C=O) groups excluding carboxylic acids is 1. The van der Waals surface area contributed by atoms with Crippen molar-refractivity contribution in [2.45, 2.75) is 37.3 Å². The number of hydrogen-bond acceptors (Lipinski definition) is 5. The van der Waals surface area contributed by atoms with Crippen LogP contribution in [-0.2, 0) is 4.79 Å². The lowest BCUT2D eigenvalue weighted by atomic mass is 10.0. The topological polar surface area (TPSA) is 87.6 Å². The Kier molecular flexibility index (Phi) is 6.55. The van der Waals surface area contributed by atoms with Gasteiger partial charge in [-0.05, 0) is 59.4 Å². The van der Waals surface area contributed by atoms with E-state index in [2.05, 4.69) is 0 Å². The second-order valence-corrected chi connectivity index (χ2v) is 11.9. The molecular formula is C37H32N4O4. The summed E-state index contributed by atoms with van der Waals surface area (Å²) in [4.78, 5) is 34.9. The van der Waals surface area contributed by atoms with Crippen LogP contribution in [0.4, 0.5) is 27.5 Å². The lowest BCUT2D eigenvalue weighted by Gasteiger charge is -2.49. The predicted molar refractivity (Wildman–Crippen MR) is 176 cm³/mol. The molecule has 4 aliphatic heterocycles. The van der Waals surface area contributed by atoms with E-state index in [4.69, 9.17) is 0 Å². The molecule has 224 valence electrons. The number of amides is 2. The monoisotopic (exact) mass is 596 g/mol. The largest absolute Gasteiger partial charge is 0.480 e. The Morgan fingerprint density at radius 2 is 1.09 bits per heavy atom. The highest BCUT2D eigenvalue weighted by molar-refractivity contribution is 6.06. The average molecular weight is 597 g/mol. The molecule has 2 saturated heterocycles. The van der Waals surface area contributed by atoms with Crippen LogP contribution in [0, 0.1) is 0 Å². The van der Waals surface area contributed by atoms with E-state index in [1.807, 2.05) is 126 Å². The Morgan fingerprint density at radius 1 is 0.644 bits per heavy atom. The van der Waals surface area contributed by atoms with E-state index in [9.17, 15) is 19.8 Å². The molecule has 4 atom stereocenters. The summed E-state index contributed by atoms with van der Waals surface area (Å²) in [5.74, 6) is -1.06. The Morgan fingerprint density at radius 3 is 1.58 bits per heavy atom. The number of urea groups is 1. The number of likely N-dealkylation sites (tertiary alicyclic amines) is 1. The number of aliphatic hydroxyl groups excluding tert-OH is 1. The van der Waals surface area contributed by atoms with Crippen LogP contribution in [0.1, 0.15) is 35.1 Å². The molecule has 1 unspecified atom stereocenters. The number of piperazine rings is 1. The molecule has 2 amide bonds. The number of carboxylic acids is 1. The van der Waals surface area contributed by atoms with Crippen molar-refractivity contribution >= 4 is 59.1 Å². The molecule has 2 N–H and O–H groups in total. The van der Waals surface area contributed by atoms with Gasteiger partial charge in [0.15, 0.2) is 6.35 Å². The minimum Gasteiger partial charge on any atom is -0.480 e. The van der Waals surface area contributed by atoms with Gasteiger partial charge in [0.25, 0.3) is 0 Å². The fraction of sp³-hybridized carbons (Fsp3) is 0.189. The van der Waals surface area contributed by atoms with Crippen molar-refractivity contribution < 1.29 is 19.8 Å². The molecule has 2 fully saturated rings. The van der Waals surface area contributed by atoms with Crippen molar-refractivity contribution in [1.82, 2.24) is 9.80 Å². The molecular weight excluding hydrogens is 564 g/mol. The highest BCUT2D eigenvalue weighted by atomic mass is 16.4. The van der Waals surface area contributed by atoms with E-state index >= 15 is 0 Å². The zero-order chi connectivity index (χ0) is 30.7. The third-order valence-electron chi connectivity index (χ3n) is 9.52. The van der Waals surface area contributed by atoms with Gasteiger partial charge < -0.3 is 20.0 Å². The summed E-state index contributed by atoms with van der Waals surface area (Å²) < 4.78 is 0. The lowest BCUT2D eigenvalue weighted by Crippen LogP contribution is -2.68. The summed E-state index contributed by atoms with van der Waals surface area (Å²) >= 11 is 0. The summed E-state index contributed by atoms with van der Waals surface area (Å²) in [5, 5.41) is 23.0. The molecule has 0 aliphatic carbocycles. The summed E-state index contributed by atoms with van der Waals surface area (Å²) in [5.41, 5.74) is 6.73. The fourth-order valence-electron chi connectivity index (χ4n) is 7.52. The summed E-state index contributed by atoms with van der Waals surface area (Å²) in [7, 11) is 0.